The Labute approximate surface area is 136 Å². The second-order valence-corrected chi connectivity index (χ2v) is 6.93. The fourth-order valence-electron chi connectivity index (χ4n) is 4.07. The van der Waals surface area contributed by atoms with E-state index in [1.54, 1.807) is 24.2 Å². The van der Waals surface area contributed by atoms with Gasteiger partial charge in [-0.25, -0.2) is 4.90 Å². The number of aliphatic imine (C=N–C) groups is 1. The molecular weight excluding hydrogens is 294 g/mol. The highest BCUT2D eigenvalue weighted by Gasteiger charge is 2.56. The van der Waals surface area contributed by atoms with Crippen LogP contribution in [0.5, 0.6) is 0 Å². The van der Waals surface area contributed by atoms with Crippen LogP contribution in [0.2, 0.25) is 0 Å². The lowest BCUT2D eigenvalue weighted by molar-refractivity contribution is -0.140. The number of Topliss-reactive ketones (excluding diaryl/α,β-unsaturated/α-hetero) is 1. The average Bonchev–Trinajstić information content (AvgIpc) is 3.16. The number of ketones is 1. The number of rotatable bonds is 4. The molecule has 2 heterocycles. The van der Waals surface area contributed by atoms with Crippen molar-refractivity contribution in [2.24, 2.45) is 10.9 Å². The summed E-state index contributed by atoms with van der Waals surface area (Å²) in [6, 6.07) is 0. The first kappa shape index (κ1) is 16.3. The van der Waals surface area contributed by atoms with E-state index in [9.17, 15) is 14.7 Å². The minimum absolute atomic E-state index is 0.115. The van der Waals surface area contributed by atoms with Gasteiger partial charge < -0.3 is 5.11 Å². The summed E-state index contributed by atoms with van der Waals surface area (Å²) in [6.45, 7) is 1.79. The fraction of sp³-hybridized carbons (Fsp3) is 0.706. The summed E-state index contributed by atoms with van der Waals surface area (Å²) in [5.74, 6) is -0.130. The Morgan fingerprint density at radius 1 is 1.39 bits per heavy atom. The van der Waals surface area contributed by atoms with Gasteiger partial charge in [-0.05, 0) is 38.8 Å². The zero-order chi connectivity index (χ0) is 16.6. The molecule has 0 aromatic rings. The quantitative estimate of drug-likeness (QED) is 0.848. The van der Waals surface area contributed by atoms with Gasteiger partial charge in [0.05, 0.1) is 6.54 Å². The molecule has 126 valence electrons. The molecule has 0 radical (unpaired) electrons. The Morgan fingerprint density at radius 3 is 2.70 bits per heavy atom. The van der Waals surface area contributed by atoms with Gasteiger partial charge in [-0.1, -0.05) is 19.3 Å². The van der Waals surface area contributed by atoms with Gasteiger partial charge >= 0.3 is 0 Å². The van der Waals surface area contributed by atoms with Gasteiger partial charge in [-0.3, -0.25) is 19.5 Å². The minimum Gasteiger partial charge on any atom is -0.361 e. The number of aliphatic hydroxyl groups is 1. The number of hydrogen-bond donors (Lipinski definition) is 1. The summed E-state index contributed by atoms with van der Waals surface area (Å²) in [5, 5.41) is 10.5. The molecule has 3 rings (SSSR count). The van der Waals surface area contributed by atoms with Crippen molar-refractivity contribution >= 4 is 17.9 Å². The summed E-state index contributed by atoms with van der Waals surface area (Å²) in [5.41, 5.74) is -0.341. The van der Waals surface area contributed by atoms with E-state index in [1.807, 2.05) is 6.92 Å². The lowest BCUT2D eigenvalue weighted by Gasteiger charge is -2.39. The normalized spacial score (nSPS) is 32.7. The van der Waals surface area contributed by atoms with E-state index in [1.165, 1.54) is 11.3 Å². The molecule has 3 aliphatic rings. The highest BCUT2D eigenvalue weighted by Crippen LogP contribution is 2.41. The molecule has 1 saturated heterocycles. The predicted octanol–water partition coefficient (Wildman–Crippen LogP) is 1.30. The molecule has 1 aliphatic carbocycles. The van der Waals surface area contributed by atoms with Gasteiger partial charge in [0.2, 0.25) is 5.91 Å². The van der Waals surface area contributed by atoms with Crippen LogP contribution in [-0.4, -0.2) is 58.3 Å². The molecule has 0 aromatic heterocycles. The molecule has 2 fully saturated rings. The average molecular weight is 319 g/mol. The molecule has 0 spiro atoms. The fourth-order valence-corrected chi connectivity index (χ4v) is 4.07. The Morgan fingerprint density at radius 2 is 2.09 bits per heavy atom. The van der Waals surface area contributed by atoms with Crippen molar-refractivity contribution < 1.29 is 14.7 Å². The molecule has 2 unspecified atom stereocenters. The number of aliphatic hydroxyl groups excluding tert-OH is 1. The second-order valence-electron chi connectivity index (χ2n) is 6.93. The summed E-state index contributed by atoms with van der Waals surface area (Å²) < 4.78 is 0. The molecule has 1 amide bonds. The second kappa shape index (κ2) is 6.17. The van der Waals surface area contributed by atoms with Crippen LogP contribution >= 0.6 is 0 Å². The number of allylic oxidation sites excluding steroid dienone is 1. The zero-order valence-electron chi connectivity index (χ0n) is 13.9. The van der Waals surface area contributed by atoms with E-state index in [-0.39, 0.29) is 24.2 Å². The topological polar surface area (TPSA) is 73.2 Å². The summed E-state index contributed by atoms with van der Waals surface area (Å²) >= 11 is 0. The zero-order valence-corrected chi connectivity index (χ0v) is 13.9. The SMILES string of the molecule is CN1C(O)N(CC(=O)C2=CCC=N2)C(=O)C1(C)C1CCCCC1. The summed E-state index contributed by atoms with van der Waals surface area (Å²) in [7, 11) is 1.77. The number of likely N-dealkylation sites (N-methyl/N-ethyl adjacent to an activating group) is 1. The maximum absolute atomic E-state index is 13.0. The van der Waals surface area contributed by atoms with Gasteiger partial charge in [0, 0.05) is 12.6 Å². The molecule has 2 atom stereocenters. The smallest absolute Gasteiger partial charge is 0.246 e. The number of amides is 1. The van der Waals surface area contributed by atoms with E-state index >= 15 is 0 Å². The number of carbonyl (C=O) groups is 2. The molecular formula is C17H25N3O3. The number of hydrogen-bond acceptors (Lipinski definition) is 5. The van der Waals surface area contributed by atoms with E-state index in [2.05, 4.69) is 4.99 Å². The largest absolute Gasteiger partial charge is 0.361 e. The van der Waals surface area contributed by atoms with Crippen molar-refractivity contribution in [2.75, 3.05) is 13.6 Å². The molecule has 2 aliphatic heterocycles. The third-order valence-electron chi connectivity index (χ3n) is 5.70. The lowest BCUT2D eigenvalue weighted by atomic mass is 9.75. The molecule has 6 heteroatoms. The van der Waals surface area contributed by atoms with Crippen molar-refractivity contribution in [2.45, 2.75) is 57.3 Å². The van der Waals surface area contributed by atoms with Crippen molar-refractivity contribution in [1.29, 1.82) is 0 Å². The van der Waals surface area contributed by atoms with Crippen LogP contribution in [0.4, 0.5) is 0 Å². The van der Waals surface area contributed by atoms with Crippen LogP contribution in [0.3, 0.4) is 0 Å². The first-order chi connectivity index (χ1) is 11.0. The summed E-state index contributed by atoms with van der Waals surface area (Å²) in [4.78, 5) is 32.3. The van der Waals surface area contributed by atoms with Gasteiger partial charge in [-0.2, -0.15) is 0 Å². The Kier molecular flexibility index (Phi) is 4.38. The minimum atomic E-state index is -1.05. The maximum atomic E-state index is 13.0. The van der Waals surface area contributed by atoms with Crippen LogP contribution in [0.15, 0.2) is 16.8 Å². The van der Waals surface area contributed by atoms with Gasteiger partial charge in [0.1, 0.15) is 11.2 Å². The molecule has 0 aromatic carbocycles. The third-order valence-corrected chi connectivity index (χ3v) is 5.70. The summed E-state index contributed by atoms with van der Waals surface area (Å²) in [6.07, 6.45) is 8.47. The van der Waals surface area contributed by atoms with Gasteiger partial charge in [0.25, 0.3) is 0 Å². The molecule has 6 nitrogen and oxygen atoms in total. The van der Waals surface area contributed by atoms with Crippen LogP contribution in [0, 0.1) is 5.92 Å². The monoisotopic (exact) mass is 319 g/mol. The maximum Gasteiger partial charge on any atom is 0.246 e. The Bertz CT molecular complexity index is 565. The van der Waals surface area contributed by atoms with Crippen LogP contribution < -0.4 is 0 Å². The van der Waals surface area contributed by atoms with Crippen LogP contribution in [0.1, 0.15) is 45.4 Å². The first-order valence-electron chi connectivity index (χ1n) is 8.44. The van der Waals surface area contributed by atoms with Crippen molar-refractivity contribution in [1.82, 2.24) is 9.80 Å². The Balaban J connectivity index is 1.78. The standard InChI is InChI=1S/C17H25N3O3/c1-17(12-7-4-3-5-8-12)15(22)20(16(23)19(17)2)11-14(21)13-9-6-10-18-13/h9-10,12,16,23H,3-8,11H2,1-2H3. The van der Waals surface area contributed by atoms with Crippen LogP contribution in [0.25, 0.3) is 0 Å². The van der Waals surface area contributed by atoms with Crippen molar-refractivity contribution in [3.8, 4) is 0 Å². The number of nitrogens with zero attached hydrogens (tertiary/aromatic N) is 3. The molecule has 0 bridgehead atoms. The van der Waals surface area contributed by atoms with Crippen molar-refractivity contribution in [3.05, 3.63) is 11.8 Å². The molecule has 1 N–H and O–H groups in total. The lowest BCUT2D eigenvalue weighted by Crippen LogP contribution is -2.52. The third kappa shape index (κ3) is 2.64. The molecule has 23 heavy (non-hydrogen) atoms. The first-order valence-corrected chi connectivity index (χ1v) is 8.44. The van der Waals surface area contributed by atoms with E-state index in [4.69, 9.17) is 0 Å². The van der Waals surface area contributed by atoms with Gasteiger partial charge in [-0.15, -0.1) is 0 Å². The van der Waals surface area contributed by atoms with Gasteiger partial charge in [0.15, 0.2) is 12.1 Å². The molecule has 1 saturated carbocycles. The van der Waals surface area contributed by atoms with Crippen molar-refractivity contribution in [3.63, 3.8) is 0 Å². The van der Waals surface area contributed by atoms with E-state index in [0.717, 1.165) is 25.7 Å². The highest BCUT2D eigenvalue weighted by molar-refractivity contribution is 6.02. The highest BCUT2D eigenvalue weighted by atomic mass is 16.3. The van der Waals surface area contributed by atoms with E-state index in [0.29, 0.717) is 12.1 Å². The van der Waals surface area contributed by atoms with Crippen LogP contribution in [-0.2, 0) is 9.59 Å². The Hall–Kier alpha value is -1.53. The van der Waals surface area contributed by atoms with E-state index < -0.39 is 11.9 Å². The number of carbonyl (C=O) groups excluding carboxylic acids is 2. The predicted molar refractivity (Wildman–Crippen MR) is 86.7 cm³/mol.